The number of hydrogen-bond donors (Lipinski definition) is 2. The molecule has 0 aliphatic heterocycles. The molecule has 0 bridgehead atoms. The van der Waals surface area contributed by atoms with Crippen molar-refractivity contribution in [2.45, 2.75) is 26.3 Å². The Morgan fingerprint density at radius 1 is 1.67 bits per heavy atom. The molecule has 5 nitrogen and oxygen atoms in total. The van der Waals surface area contributed by atoms with Crippen LogP contribution in [0, 0.1) is 0 Å². The summed E-state index contributed by atoms with van der Waals surface area (Å²) in [6.45, 7) is 4.47. The number of nitrogens with zero attached hydrogens (tertiary/aromatic N) is 2. The molecule has 0 fully saturated rings. The second-order valence-corrected chi connectivity index (χ2v) is 3.58. The van der Waals surface area contributed by atoms with Crippen molar-refractivity contribution in [1.82, 2.24) is 15.1 Å². The molecule has 1 unspecified atom stereocenters. The molecule has 0 spiro atoms. The quantitative estimate of drug-likeness (QED) is 0.754. The molecule has 1 aromatic rings. The summed E-state index contributed by atoms with van der Waals surface area (Å²) in [6, 6.07) is 2.13. The largest absolute Gasteiger partial charge is 0.310 e. The minimum absolute atomic E-state index is 0.0427. The van der Waals surface area contributed by atoms with Crippen LogP contribution in [0.4, 0.5) is 5.82 Å². The molecule has 0 aliphatic rings. The lowest BCUT2D eigenvalue weighted by molar-refractivity contribution is -0.115. The molecule has 0 aliphatic carbocycles. The van der Waals surface area contributed by atoms with Gasteiger partial charge in [-0.05, 0) is 13.3 Å². The summed E-state index contributed by atoms with van der Waals surface area (Å²) in [5.41, 5.74) is 0. The van der Waals surface area contributed by atoms with E-state index in [9.17, 15) is 4.79 Å². The van der Waals surface area contributed by atoms with Crippen LogP contribution < -0.4 is 10.6 Å². The maximum Gasteiger partial charge on any atom is 0.239 e. The van der Waals surface area contributed by atoms with Crippen molar-refractivity contribution in [2.75, 3.05) is 11.9 Å². The highest BCUT2D eigenvalue weighted by atomic mass is 16.2. The Morgan fingerprint density at radius 3 is 2.93 bits per heavy atom. The van der Waals surface area contributed by atoms with Gasteiger partial charge in [-0.15, -0.1) is 0 Å². The average molecular weight is 210 g/mol. The van der Waals surface area contributed by atoms with Crippen LogP contribution >= 0.6 is 0 Å². The zero-order valence-electron chi connectivity index (χ0n) is 9.45. The lowest BCUT2D eigenvalue weighted by atomic mass is 10.2. The van der Waals surface area contributed by atoms with E-state index in [4.69, 9.17) is 0 Å². The Kier molecular flexibility index (Phi) is 4.30. The van der Waals surface area contributed by atoms with Crippen molar-refractivity contribution < 1.29 is 4.79 Å². The number of anilines is 1. The zero-order chi connectivity index (χ0) is 11.3. The third-order valence-corrected chi connectivity index (χ3v) is 2.31. The molecule has 0 aromatic carbocycles. The summed E-state index contributed by atoms with van der Waals surface area (Å²) in [6.07, 6.45) is 2.66. The Bertz CT molecular complexity index is 321. The smallest absolute Gasteiger partial charge is 0.239 e. The van der Waals surface area contributed by atoms with Gasteiger partial charge in [0.1, 0.15) is 5.82 Å². The summed E-state index contributed by atoms with van der Waals surface area (Å²) in [7, 11) is 1.79. The van der Waals surface area contributed by atoms with Gasteiger partial charge < -0.3 is 10.6 Å². The molecule has 84 valence electrons. The average Bonchev–Trinajstić information content (AvgIpc) is 2.61. The Labute approximate surface area is 89.9 Å². The van der Waals surface area contributed by atoms with Gasteiger partial charge in [-0.1, -0.05) is 6.92 Å². The van der Waals surface area contributed by atoms with Crippen LogP contribution in [0.5, 0.6) is 0 Å². The second-order valence-electron chi connectivity index (χ2n) is 3.58. The highest BCUT2D eigenvalue weighted by molar-refractivity contribution is 5.91. The molecule has 5 heteroatoms. The molecule has 1 amide bonds. The predicted octanol–water partition coefficient (Wildman–Crippen LogP) is 0.747. The minimum atomic E-state index is -0.0427. The molecule has 1 atom stereocenters. The Hall–Kier alpha value is -1.36. The highest BCUT2D eigenvalue weighted by Crippen LogP contribution is 2.02. The van der Waals surface area contributed by atoms with Gasteiger partial charge in [0.05, 0.1) is 12.7 Å². The fourth-order valence-electron chi connectivity index (χ4n) is 1.09. The maximum absolute atomic E-state index is 11.5. The van der Waals surface area contributed by atoms with Crippen molar-refractivity contribution in [3.8, 4) is 0 Å². The SMILES string of the molecule is CCC(C)NCC(=O)Nc1ccnn1C. The standard InChI is InChI=1S/C10H18N4O/c1-4-8(2)11-7-10(15)13-9-5-6-12-14(9)3/h5-6,8,11H,4,7H2,1-3H3,(H,13,15). The molecule has 1 heterocycles. The van der Waals surface area contributed by atoms with Crippen LogP contribution in [0.2, 0.25) is 0 Å². The van der Waals surface area contributed by atoms with Gasteiger partial charge in [-0.2, -0.15) is 5.10 Å². The molecular formula is C10H18N4O. The summed E-state index contributed by atoms with van der Waals surface area (Å²) in [5.74, 6) is 0.671. The normalized spacial score (nSPS) is 12.5. The first-order chi connectivity index (χ1) is 7.13. The third-order valence-electron chi connectivity index (χ3n) is 2.31. The van der Waals surface area contributed by atoms with Crippen LogP contribution in [0.25, 0.3) is 0 Å². The van der Waals surface area contributed by atoms with Gasteiger partial charge in [0, 0.05) is 19.2 Å². The monoisotopic (exact) mass is 210 g/mol. The number of nitrogens with one attached hydrogen (secondary N) is 2. The molecule has 0 saturated heterocycles. The molecular weight excluding hydrogens is 192 g/mol. The fraction of sp³-hybridized carbons (Fsp3) is 0.600. The number of amides is 1. The van der Waals surface area contributed by atoms with Crippen LogP contribution in [-0.2, 0) is 11.8 Å². The van der Waals surface area contributed by atoms with E-state index in [2.05, 4.69) is 29.6 Å². The lowest BCUT2D eigenvalue weighted by Gasteiger charge is -2.11. The van der Waals surface area contributed by atoms with E-state index in [0.29, 0.717) is 18.4 Å². The van der Waals surface area contributed by atoms with Crippen LogP contribution in [0.3, 0.4) is 0 Å². The van der Waals surface area contributed by atoms with Gasteiger partial charge >= 0.3 is 0 Å². The second kappa shape index (κ2) is 5.50. The first-order valence-electron chi connectivity index (χ1n) is 5.14. The zero-order valence-corrected chi connectivity index (χ0v) is 9.45. The lowest BCUT2D eigenvalue weighted by Crippen LogP contribution is -2.34. The number of aryl methyl sites for hydroxylation is 1. The van der Waals surface area contributed by atoms with Crippen LogP contribution in [0.15, 0.2) is 12.3 Å². The van der Waals surface area contributed by atoms with Gasteiger partial charge in [0.2, 0.25) is 5.91 Å². The molecule has 15 heavy (non-hydrogen) atoms. The first-order valence-corrected chi connectivity index (χ1v) is 5.14. The molecule has 1 aromatic heterocycles. The number of rotatable bonds is 5. The van der Waals surface area contributed by atoms with E-state index in [-0.39, 0.29) is 5.91 Å². The van der Waals surface area contributed by atoms with Gasteiger partial charge in [-0.25, -0.2) is 0 Å². The molecule has 2 N–H and O–H groups in total. The van der Waals surface area contributed by atoms with Crippen LogP contribution in [0.1, 0.15) is 20.3 Å². The molecule has 1 rings (SSSR count). The van der Waals surface area contributed by atoms with Crippen molar-refractivity contribution >= 4 is 11.7 Å². The van der Waals surface area contributed by atoms with Crippen LogP contribution in [-0.4, -0.2) is 28.3 Å². The van der Waals surface area contributed by atoms with E-state index in [1.54, 1.807) is 24.0 Å². The highest BCUT2D eigenvalue weighted by Gasteiger charge is 2.06. The van der Waals surface area contributed by atoms with E-state index in [0.717, 1.165) is 6.42 Å². The topological polar surface area (TPSA) is 59.0 Å². The van der Waals surface area contributed by atoms with E-state index >= 15 is 0 Å². The van der Waals surface area contributed by atoms with Crippen molar-refractivity contribution in [3.63, 3.8) is 0 Å². The maximum atomic E-state index is 11.5. The van der Waals surface area contributed by atoms with Gasteiger partial charge in [-0.3, -0.25) is 9.48 Å². The van der Waals surface area contributed by atoms with Crippen molar-refractivity contribution in [2.24, 2.45) is 7.05 Å². The number of carbonyl (C=O) groups excluding carboxylic acids is 1. The van der Waals surface area contributed by atoms with E-state index < -0.39 is 0 Å². The van der Waals surface area contributed by atoms with Crippen molar-refractivity contribution in [3.05, 3.63) is 12.3 Å². The first kappa shape index (κ1) is 11.7. The predicted molar refractivity (Wildman–Crippen MR) is 59.6 cm³/mol. The third kappa shape index (κ3) is 3.71. The van der Waals surface area contributed by atoms with E-state index in [1.165, 1.54) is 0 Å². The molecule has 0 radical (unpaired) electrons. The fourth-order valence-corrected chi connectivity index (χ4v) is 1.09. The summed E-state index contributed by atoms with van der Waals surface area (Å²) in [4.78, 5) is 11.5. The van der Waals surface area contributed by atoms with E-state index in [1.807, 2.05) is 0 Å². The number of aromatic nitrogens is 2. The molecule has 0 saturated carbocycles. The van der Waals surface area contributed by atoms with Gasteiger partial charge in [0.25, 0.3) is 0 Å². The number of hydrogen-bond acceptors (Lipinski definition) is 3. The number of carbonyl (C=O) groups is 1. The minimum Gasteiger partial charge on any atom is -0.310 e. The van der Waals surface area contributed by atoms with Crippen molar-refractivity contribution in [1.29, 1.82) is 0 Å². The van der Waals surface area contributed by atoms with Gasteiger partial charge in [0.15, 0.2) is 0 Å². The Balaban J connectivity index is 2.34. The Morgan fingerprint density at radius 2 is 2.40 bits per heavy atom. The summed E-state index contributed by atoms with van der Waals surface area (Å²) < 4.78 is 1.63. The summed E-state index contributed by atoms with van der Waals surface area (Å²) >= 11 is 0. The summed E-state index contributed by atoms with van der Waals surface area (Å²) in [5, 5.41) is 9.85.